The molecule has 0 N–H and O–H groups in total. The zero-order chi connectivity index (χ0) is 13.5. The van der Waals surface area contributed by atoms with Crippen molar-refractivity contribution in [3.63, 3.8) is 0 Å². The van der Waals surface area contributed by atoms with E-state index in [-0.39, 0.29) is 17.8 Å². The molecule has 0 bridgehead atoms. The zero-order valence-electron chi connectivity index (χ0n) is 11.8. The predicted molar refractivity (Wildman–Crippen MR) is 70.0 cm³/mol. The standard InChI is InChI=1S/C14H25NO3/c1-4-18-14(17)12-6-5-9-15(10-12)13(16)8-7-11(2)3/h11-12H,4-10H2,1-3H3. The minimum atomic E-state index is -0.154. The highest BCUT2D eigenvalue weighted by molar-refractivity contribution is 5.78. The molecule has 0 aromatic carbocycles. The van der Waals surface area contributed by atoms with E-state index in [0.29, 0.717) is 25.5 Å². The molecule has 1 aliphatic heterocycles. The maximum Gasteiger partial charge on any atom is 0.310 e. The van der Waals surface area contributed by atoms with Gasteiger partial charge in [-0.2, -0.15) is 0 Å². The van der Waals surface area contributed by atoms with Crippen LogP contribution in [-0.4, -0.2) is 36.5 Å². The van der Waals surface area contributed by atoms with Gasteiger partial charge in [0.25, 0.3) is 0 Å². The smallest absolute Gasteiger partial charge is 0.310 e. The van der Waals surface area contributed by atoms with E-state index in [1.165, 1.54) is 0 Å². The Kier molecular flexibility index (Phi) is 6.16. The topological polar surface area (TPSA) is 46.6 Å². The SMILES string of the molecule is CCOC(=O)C1CCCN(C(=O)CCC(C)C)C1. The molecule has 1 heterocycles. The van der Waals surface area contributed by atoms with E-state index in [2.05, 4.69) is 13.8 Å². The van der Waals surface area contributed by atoms with Crippen molar-refractivity contribution in [2.24, 2.45) is 11.8 Å². The number of carbonyl (C=O) groups excluding carboxylic acids is 2. The van der Waals surface area contributed by atoms with Crippen LogP contribution in [-0.2, 0) is 14.3 Å². The van der Waals surface area contributed by atoms with Gasteiger partial charge < -0.3 is 9.64 Å². The Morgan fingerprint density at radius 2 is 2.11 bits per heavy atom. The van der Waals surface area contributed by atoms with Crippen molar-refractivity contribution < 1.29 is 14.3 Å². The number of likely N-dealkylation sites (tertiary alicyclic amines) is 1. The minimum absolute atomic E-state index is 0.123. The summed E-state index contributed by atoms with van der Waals surface area (Å²) < 4.78 is 5.03. The molecule has 1 aliphatic rings. The third kappa shape index (κ3) is 4.67. The van der Waals surface area contributed by atoms with Crippen molar-refractivity contribution in [2.75, 3.05) is 19.7 Å². The Balaban J connectivity index is 2.42. The number of esters is 1. The van der Waals surface area contributed by atoms with Crippen molar-refractivity contribution in [2.45, 2.75) is 46.5 Å². The highest BCUT2D eigenvalue weighted by Gasteiger charge is 2.28. The zero-order valence-corrected chi connectivity index (χ0v) is 11.8. The van der Waals surface area contributed by atoms with Gasteiger partial charge in [0.2, 0.25) is 5.91 Å². The molecule has 1 saturated heterocycles. The Labute approximate surface area is 110 Å². The van der Waals surface area contributed by atoms with Crippen molar-refractivity contribution in [3.8, 4) is 0 Å². The molecule has 1 atom stereocenters. The second kappa shape index (κ2) is 7.39. The van der Waals surface area contributed by atoms with Crippen molar-refractivity contribution >= 4 is 11.9 Å². The van der Waals surface area contributed by atoms with Gasteiger partial charge in [-0.05, 0) is 32.1 Å². The molecule has 18 heavy (non-hydrogen) atoms. The normalized spacial score (nSPS) is 20.0. The van der Waals surface area contributed by atoms with Crippen molar-refractivity contribution in [1.29, 1.82) is 0 Å². The van der Waals surface area contributed by atoms with E-state index in [4.69, 9.17) is 4.74 Å². The summed E-state index contributed by atoms with van der Waals surface area (Å²) in [4.78, 5) is 25.5. The first-order valence-electron chi connectivity index (χ1n) is 6.99. The van der Waals surface area contributed by atoms with E-state index >= 15 is 0 Å². The highest BCUT2D eigenvalue weighted by atomic mass is 16.5. The third-order valence-corrected chi connectivity index (χ3v) is 3.33. The number of piperidine rings is 1. The average Bonchev–Trinajstić information content (AvgIpc) is 2.36. The van der Waals surface area contributed by atoms with Crippen LogP contribution < -0.4 is 0 Å². The van der Waals surface area contributed by atoms with Gasteiger partial charge in [0.15, 0.2) is 0 Å². The van der Waals surface area contributed by atoms with Gasteiger partial charge in [-0.25, -0.2) is 0 Å². The number of hydrogen-bond acceptors (Lipinski definition) is 3. The van der Waals surface area contributed by atoms with Gasteiger partial charge in [0, 0.05) is 19.5 Å². The van der Waals surface area contributed by atoms with Crippen LogP contribution in [0.25, 0.3) is 0 Å². The molecule has 1 amide bonds. The Hall–Kier alpha value is -1.06. The first-order valence-corrected chi connectivity index (χ1v) is 6.99. The summed E-state index contributed by atoms with van der Waals surface area (Å²) in [6.07, 6.45) is 3.25. The van der Waals surface area contributed by atoms with Gasteiger partial charge in [-0.15, -0.1) is 0 Å². The van der Waals surface area contributed by atoms with Crippen molar-refractivity contribution in [3.05, 3.63) is 0 Å². The van der Waals surface area contributed by atoms with Crippen LogP contribution in [0.4, 0.5) is 0 Å². The lowest BCUT2D eigenvalue weighted by atomic mass is 9.97. The van der Waals surface area contributed by atoms with E-state index in [9.17, 15) is 9.59 Å². The summed E-state index contributed by atoms with van der Waals surface area (Å²) in [5, 5.41) is 0. The molecule has 0 radical (unpaired) electrons. The second-order valence-corrected chi connectivity index (χ2v) is 5.36. The molecule has 4 nitrogen and oxygen atoms in total. The number of rotatable bonds is 5. The van der Waals surface area contributed by atoms with E-state index < -0.39 is 0 Å². The first kappa shape index (κ1) is 15.0. The Morgan fingerprint density at radius 1 is 1.39 bits per heavy atom. The third-order valence-electron chi connectivity index (χ3n) is 3.33. The number of ether oxygens (including phenoxy) is 1. The molecule has 0 aromatic rings. The summed E-state index contributed by atoms with van der Waals surface area (Å²) >= 11 is 0. The fourth-order valence-electron chi connectivity index (χ4n) is 2.23. The van der Waals surface area contributed by atoms with E-state index in [0.717, 1.165) is 25.8 Å². The van der Waals surface area contributed by atoms with Crippen LogP contribution in [0.15, 0.2) is 0 Å². The largest absolute Gasteiger partial charge is 0.466 e. The fourth-order valence-corrected chi connectivity index (χ4v) is 2.23. The molecule has 0 aliphatic carbocycles. The van der Waals surface area contributed by atoms with Crippen LogP contribution in [0.2, 0.25) is 0 Å². The molecule has 1 rings (SSSR count). The summed E-state index contributed by atoms with van der Waals surface area (Å²) in [6, 6.07) is 0. The van der Waals surface area contributed by atoms with Crippen LogP contribution in [0.1, 0.15) is 46.5 Å². The number of carbonyl (C=O) groups is 2. The maximum absolute atomic E-state index is 12.0. The Bertz CT molecular complexity index is 289. The maximum atomic E-state index is 12.0. The molecular weight excluding hydrogens is 230 g/mol. The van der Waals surface area contributed by atoms with Crippen molar-refractivity contribution in [1.82, 2.24) is 4.90 Å². The Morgan fingerprint density at radius 3 is 2.72 bits per heavy atom. The number of hydrogen-bond donors (Lipinski definition) is 0. The number of nitrogens with zero attached hydrogens (tertiary/aromatic N) is 1. The van der Waals surface area contributed by atoms with Gasteiger partial charge in [0.1, 0.15) is 0 Å². The summed E-state index contributed by atoms with van der Waals surface area (Å²) in [5.41, 5.74) is 0. The summed E-state index contributed by atoms with van der Waals surface area (Å²) in [6.45, 7) is 7.78. The lowest BCUT2D eigenvalue weighted by molar-refractivity contribution is -0.151. The second-order valence-electron chi connectivity index (χ2n) is 5.36. The minimum Gasteiger partial charge on any atom is -0.466 e. The average molecular weight is 255 g/mol. The highest BCUT2D eigenvalue weighted by Crippen LogP contribution is 2.19. The summed E-state index contributed by atoms with van der Waals surface area (Å²) in [5.74, 6) is 0.442. The monoisotopic (exact) mass is 255 g/mol. The molecule has 104 valence electrons. The molecule has 0 spiro atoms. The van der Waals surface area contributed by atoms with Gasteiger partial charge >= 0.3 is 5.97 Å². The lowest BCUT2D eigenvalue weighted by Gasteiger charge is -2.31. The first-order chi connectivity index (χ1) is 8.54. The van der Waals surface area contributed by atoms with Gasteiger partial charge in [-0.3, -0.25) is 9.59 Å². The molecule has 0 aromatic heterocycles. The quantitative estimate of drug-likeness (QED) is 0.708. The van der Waals surface area contributed by atoms with Crippen LogP contribution >= 0.6 is 0 Å². The summed E-state index contributed by atoms with van der Waals surface area (Å²) in [7, 11) is 0. The predicted octanol–water partition coefficient (Wildman–Crippen LogP) is 2.22. The van der Waals surface area contributed by atoms with Crippen LogP contribution in [0.5, 0.6) is 0 Å². The van der Waals surface area contributed by atoms with E-state index in [1.807, 2.05) is 11.8 Å². The van der Waals surface area contributed by atoms with Gasteiger partial charge in [0.05, 0.1) is 12.5 Å². The molecule has 0 saturated carbocycles. The van der Waals surface area contributed by atoms with Crippen LogP contribution in [0, 0.1) is 11.8 Å². The van der Waals surface area contributed by atoms with E-state index in [1.54, 1.807) is 0 Å². The van der Waals surface area contributed by atoms with Crippen LogP contribution in [0.3, 0.4) is 0 Å². The van der Waals surface area contributed by atoms with Gasteiger partial charge in [-0.1, -0.05) is 13.8 Å². The molecule has 4 heteroatoms. The fraction of sp³-hybridized carbons (Fsp3) is 0.857. The molecule has 1 unspecified atom stereocenters. The molecular formula is C14H25NO3. The lowest BCUT2D eigenvalue weighted by Crippen LogP contribution is -2.42. The molecule has 1 fully saturated rings. The number of amides is 1.